The average molecular weight is 230 g/mol. The maximum Gasteiger partial charge on any atom is 0.236 e. The van der Waals surface area contributed by atoms with Crippen LogP contribution in [0.4, 0.5) is 0 Å². The first kappa shape index (κ1) is 14.2. The van der Waals surface area contributed by atoms with Crippen LogP contribution in [0.1, 0.15) is 26.7 Å². The Balaban J connectivity index is 4.90. The molecule has 0 aliphatic carbocycles. The van der Waals surface area contributed by atoms with Gasteiger partial charge in [-0.05, 0) is 12.8 Å². The van der Waals surface area contributed by atoms with Gasteiger partial charge in [0, 0.05) is 0 Å². The number of primary amides is 1. The van der Waals surface area contributed by atoms with E-state index in [2.05, 4.69) is 10.5 Å². The van der Waals surface area contributed by atoms with Gasteiger partial charge in [-0.2, -0.15) is 0 Å². The average Bonchev–Trinajstić information content (AvgIpc) is 2.28. The van der Waals surface area contributed by atoms with Gasteiger partial charge >= 0.3 is 0 Å². The molecule has 0 bridgehead atoms. The van der Waals surface area contributed by atoms with Crippen molar-refractivity contribution in [1.82, 2.24) is 5.32 Å². The van der Waals surface area contributed by atoms with Crippen LogP contribution in [0.5, 0.6) is 0 Å². The van der Waals surface area contributed by atoms with Gasteiger partial charge in [-0.25, -0.2) is 0 Å². The van der Waals surface area contributed by atoms with Crippen molar-refractivity contribution < 1.29 is 14.8 Å². The molecule has 7 heteroatoms. The topological polar surface area (TPSA) is 131 Å². The fourth-order valence-corrected chi connectivity index (χ4v) is 1.48. The lowest BCUT2D eigenvalue weighted by molar-refractivity contribution is -0.130. The summed E-state index contributed by atoms with van der Waals surface area (Å²) >= 11 is 0. The van der Waals surface area contributed by atoms with Gasteiger partial charge < -0.3 is 22.0 Å². The molecule has 2 amide bonds. The number of nitrogens with two attached hydrogens (primary N) is 2. The number of nitrogens with one attached hydrogen (secondary N) is 1. The molecule has 0 aliphatic rings. The lowest BCUT2D eigenvalue weighted by Crippen LogP contribution is -2.50. The van der Waals surface area contributed by atoms with Gasteiger partial charge in [0.25, 0.3) is 0 Å². The largest absolute Gasteiger partial charge is 0.409 e. The zero-order valence-corrected chi connectivity index (χ0v) is 9.49. The first-order valence-corrected chi connectivity index (χ1v) is 4.99. The van der Waals surface area contributed by atoms with E-state index in [1.54, 1.807) is 13.8 Å². The molecule has 0 radical (unpaired) electrons. The summed E-state index contributed by atoms with van der Waals surface area (Å²) in [4.78, 5) is 22.4. The van der Waals surface area contributed by atoms with E-state index in [4.69, 9.17) is 16.7 Å². The normalized spacial score (nSPS) is 12.2. The lowest BCUT2D eigenvalue weighted by atomic mass is 9.80. The zero-order chi connectivity index (χ0) is 12.8. The molecule has 0 aliphatic heterocycles. The molecule has 16 heavy (non-hydrogen) atoms. The van der Waals surface area contributed by atoms with E-state index < -0.39 is 17.2 Å². The number of hydrogen-bond donors (Lipinski definition) is 4. The molecule has 92 valence electrons. The molecule has 0 spiro atoms. The van der Waals surface area contributed by atoms with E-state index >= 15 is 0 Å². The van der Waals surface area contributed by atoms with Crippen molar-refractivity contribution in [2.75, 3.05) is 6.54 Å². The van der Waals surface area contributed by atoms with Gasteiger partial charge in [0.05, 0.1) is 6.54 Å². The number of nitrogens with zero attached hydrogens (tertiary/aromatic N) is 1. The third kappa shape index (κ3) is 2.85. The standard InChI is InChI=1S/C9H18N4O3/c1-3-9(4-2,7(11)13-16)8(15)12-5-6(10)14/h16H,3-5H2,1-2H3,(H2,10,14)(H2,11,13)(H,12,15). The highest BCUT2D eigenvalue weighted by Gasteiger charge is 2.39. The second-order valence-corrected chi connectivity index (χ2v) is 3.42. The first-order chi connectivity index (χ1) is 7.44. The summed E-state index contributed by atoms with van der Waals surface area (Å²) < 4.78 is 0. The van der Waals surface area contributed by atoms with Gasteiger partial charge in [0.2, 0.25) is 11.8 Å². The smallest absolute Gasteiger partial charge is 0.236 e. The number of oxime groups is 1. The SMILES string of the molecule is CCC(CC)(C(=O)NCC(N)=O)C(N)=NO. The van der Waals surface area contributed by atoms with Gasteiger partial charge in [-0.15, -0.1) is 0 Å². The van der Waals surface area contributed by atoms with Gasteiger partial charge in [0.1, 0.15) is 5.41 Å². The molecule has 0 unspecified atom stereocenters. The van der Waals surface area contributed by atoms with Crippen LogP contribution in [-0.2, 0) is 9.59 Å². The summed E-state index contributed by atoms with van der Waals surface area (Å²) in [5.74, 6) is -1.28. The Labute approximate surface area is 93.9 Å². The summed E-state index contributed by atoms with van der Waals surface area (Å²) in [6, 6.07) is 0. The van der Waals surface area contributed by atoms with Crippen molar-refractivity contribution in [1.29, 1.82) is 0 Å². The van der Waals surface area contributed by atoms with E-state index in [-0.39, 0.29) is 12.4 Å². The molecule has 6 N–H and O–H groups in total. The third-order valence-electron chi connectivity index (χ3n) is 2.66. The van der Waals surface area contributed by atoms with E-state index in [1.807, 2.05) is 0 Å². The third-order valence-corrected chi connectivity index (χ3v) is 2.66. The van der Waals surface area contributed by atoms with Crippen molar-refractivity contribution in [3.8, 4) is 0 Å². The quantitative estimate of drug-likeness (QED) is 0.204. The van der Waals surface area contributed by atoms with Gasteiger partial charge in [0.15, 0.2) is 5.84 Å². The second-order valence-electron chi connectivity index (χ2n) is 3.42. The number of hydrogen-bond acceptors (Lipinski definition) is 4. The Hall–Kier alpha value is -1.79. The summed E-state index contributed by atoms with van der Waals surface area (Å²) in [5, 5.41) is 13.9. The molecule has 0 heterocycles. The predicted octanol–water partition coefficient (Wildman–Crippen LogP) is -0.859. The van der Waals surface area contributed by atoms with Crippen LogP contribution in [0.15, 0.2) is 5.16 Å². The van der Waals surface area contributed by atoms with Gasteiger partial charge in [-0.3, -0.25) is 9.59 Å². The highest BCUT2D eigenvalue weighted by molar-refractivity contribution is 6.07. The van der Waals surface area contributed by atoms with Crippen LogP contribution in [0.3, 0.4) is 0 Å². The predicted molar refractivity (Wildman–Crippen MR) is 58.6 cm³/mol. The van der Waals surface area contributed by atoms with Crippen LogP contribution < -0.4 is 16.8 Å². The van der Waals surface area contributed by atoms with E-state index in [0.29, 0.717) is 12.8 Å². The maximum atomic E-state index is 11.8. The van der Waals surface area contributed by atoms with Crippen molar-refractivity contribution >= 4 is 17.6 Å². The molecule has 0 saturated heterocycles. The van der Waals surface area contributed by atoms with Crippen LogP contribution in [0.25, 0.3) is 0 Å². The Morgan fingerprint density at radius 1 is 1.31 bits per heavy atom. The summed E-state index contributed by atoms with van der Waals surface area (Å²) in [6.07, 6.45) is 0.730. The van der Waals surface area contributed by atoms with Crippen molar-refractivity contribution in [3.05, 3.63) is 0 Å². The Bertz CT molecular complexity index is 297. The van der Waals surface area contributed by atoms with Crippen molar-refractivity contribution in [2.45, 2.75) is 26.7 Å². The number of amidine groups is 1. The molecule has 0 aromatic heterocycles. The van der Waals surface area contributed by atoms with Crippen LogP contribution in [-0.4, -0.2) is 29.4 Å². The molecule has 0 rings (SSSR count). The van der Waals surface area contributed by atoms with Crippen LogP contribution in [0.2, 0.25) is 0 Å². The fraction of sp³-hybridized carbons (Fsp3) is 0.667. The van der Waals surface area contributed by atoms with E-state index in [1.165, 1.54) is 0 Å². The van der Waals surface area contributed by atoms with Crippen LogP contribution >= 0.6 is 0 Å². The number of rotatable bonds is 6. The minimum Gasteiger partial charge on any atom is -0.409 e. The first-order valence-electron chi connectivity index (χ1n) is 4.99. The molecule has 0 atom stereocenters. The van der Waals surface area contributed by atoms with Crippen molar-refractivity contribution in [3.63, 3.8) is 0 Å². The second kappa shape index (κ2) is 5.94. The molecule has 0 saturated carbocycles. The Kier molecular flexibility index (Phi) is 5.27. The minimum atomic E-state index is -1.09. The highest BCUT2D eigenvalue weighted by atomic mass is 16.4. The minimum absolute atomic E-state index is 0.167. The summed E-state index contributed by atoms with van der Waals surface area (Å²) in [7, 11) is 0. The maximum absolute atomic E-state index is 11.8. The number of carbonyl (C=O) groups is 2. The molecular weight excluding hydrogens is 212 g/mol. The van der Waals surface area contributed by atoms with E-state index in [0.717, 1.165) is 0 Å². The van der Waals surface area contributed by atoms with Crippen molar-refractivity contribution in [2.24, 2.45) is 22.0 Å². The Morgan fingerprint density at radius 2 is 1.81 bits per heavy atom. The Morgan fingerprint density at radius 3 is 2.12 bits per heavy atom. The summed E-state index contributed by atoms with van der Waals surface area (Å²) in [5.41, 5.74) is 9.32. The fourth-order valence-electron chi connectivity index (χ4n) is 1.48. The van der Waals surface area contributed by atoms with E-state index in [9.17, 15) is 9.59 Å². The molecule has 0 aromatic carbocycles. The zero-order valence-electron chi connectivity index (χ0n) is 9.49. The monoisotopic (exact) mass is 230 g/mol. The molecule has 7 nitrogen and oxygen atoms in total. The number of carbonyl (C=O) groups excluding carboxylic acids is 2. The lowest BCUT2D eigenvalue weighted by Gasteiger charge is -2.28. The van der Waals surface area contributed by atoms with Crippen LogP contribution in [0, 0.1) is 5.41 Å². The molecular formula is C9H18N4O3. The number of amides is 2. The summed E-state index contributed by atoms with van der Waals surface area (Å²) in [6.45, 7) is 3.22. The molecule has 0 fully saturated rings. The molecule has 0 aromatic rings. The van der Waals surface area contributed by atoms with Gasteiger partial charge in [-0.1, -0.05) is 19.0 Å². The highest BCUT2D eigenvalue weighted by Crippen LogP contribution is 2.26.